The number of rotatable bonds is 4. The first-order valence-electron chi connectivity index (χ1n) is 6.87. The quantitative estimate of drug-likeness (QED) is 0.563. The number of carbonyl (C=O) groups is 1. The number of fused-ring (bicyclic) bond motifs is 1. The first-order chi connectivity index (χ1) is 11.0. The SMILES string of the molecule is CC(=O)Nc1ccc2c(CSc3n[nH]c(C)n3)cc(=O)oc2c1. The lowest BCUT2D eigenvalue weighted by Crippen LogP contribution is -2.06. The number of carbonyl (C=O) groups excluding carboxylic acids is 1. The maximum absolute atomic E-state index is 11.8. The highest BCUT2D eigenvalue weighted by atomic mass is 32.2. The Kier molecular flexibility index (Phi) is 4.16. The van der Waals surface area contributed by atoms with Gasteiger partial charge in [0.15, 0.2) is 0 Å². The Morgan fingerprint density at radius 2 is 2.22 bits per heavy atom. The fourth-order valence-electron chi connectivity index (χ4n) is 2.16. The third kappa shape index (κ3) is 3.59. The van der Waals surface area contributed by atoms with E-state index in [-0.39, 0.29) is 5.91 Å². The Labute approximate surface area is 135 Å². The van der Waals surface area contributed by atoms with Crippen LogP contribution in [0, 0.1) is 6.92 Å². The zero-order chi connectivity index (χ0) is 16.4. The predicted molar refractivity (Wildman–Crippen MR) is 87.5 cm³/mol. The van der Waals surface area contributed by atoms with Crippen molar-refractivity contribution >= 4 is 34.3 Å². The van der Waals surface area contributed by atoms with E-state index in [0.29, 0.717) is 22.2 Å². The Morgan fingerprint density at radius 3 is 2.91 bits per heavy atom. The van der Waals surface area contributed by atoms with Crippen LogP contribution in [0.25, 0.3) is 11.0 Å². The number of anilines is 1. The van der Waals surface area contributed by atoms with E-state index >= 15 is 0 Å². The van der Waals surface area contributed by atoms with Crippen molar-refractivity contribution in [2.24, 2.45) is 0 Å². The van der Waals surface area contributed by atoms with Gasteiger partial charge in [0.05, 0.1) is 0 Å². The Hall–Kier alpha value is -2.61. The molecule has 23 heavy (non-hydrogen) atoms. The molecule has 0 aliphatic rings. The number of thioether (sulfide) groups is 1. The van der Waals surface area contributed by atoms with Crippen LogP contribution < -0.4 is 10.9 Å². The van der Waals surface area contributed by atoms with E-state index in [1.165, 1.54) is 24.8 Å². The maximum atomic E-state index is 11.8. The lowest BCUT2D eigenvalue weighted by atomic mass is 10.1. The molecule has 8 heteroatoms. The minimum Gasteiger partial charge on any atom is -0.423 e. The second kappa shape index (κ2) is 6.25. The smallest absolute Gasteiger partial charge is 0.336 e. The summed E-state index contributed by atoms with van der Waals surface area (Å²) in [4.78, 5) is 27.1. The van der Waals surface area contributed by atoms with Crippen LogP contribution in [0.5, 0.6) is 0 Å². The summed E-state index contributed by atoms with van der Waals surface area (Å²) in [6.45, 7) is 3.25. The zero-order valence-electron chi connectivity index (χ0n) is 12.5. The van der Waals surface area contributed by atoms with Gasteiger partial charge < -0.3 is 9.73 Å². The van der Waals surface area contributed by atoms with Crippen LogP contribution in [0.3, 0.4) is 0 Å². The molecule has 1 amide bonds. The van der Waals surface area contributed by atoms with E-state index in [0.717, 1.165) is 16.8 Å². The highest BCUT2D eigenvalue weighted by Crippen LogP contribution is 2.26. The molecule has 0 saturated heterocycles. The third-order valence-electron chi connectivity index (χ3n) is 3.08. The second-order valence-electron chi connectivity index (χ2n) is 4.97. The molecule has 3 rings (SSSR count). The molecule has 0 bridgehead atoms. The van der Waals surface area contributed by atoms with Gasteiger partial charge in [0.1, 0.15) is 11.4 Å². The first-order valence-corrected chi connectivity index (χ1v) is 7.86. The molecule has 0 fully saturated rings. The van der Waals surface area contributed by atoms with Crippen molar-refractivity contribution in [1.82, 2.24) is 15.2 Å². The van der Waals surface area contributed by atoms with Gasteiger partial charge in [-0.25, -0.2) is 9.78 Å². The van der Waals surface area contributed by atoms with E-state index in [4.69, 9.17) is 4.42 Å². The number of amides is 1. The number of hydrogen-bond donors (Lipinski definition) is 2. The van der Waals surface area contributed by atoms with E-state index in [1.54, 1.807) is 12.1 Å². The van der Waals surface area contributed by atoms with Crippen LogP contribution in [-0.2, 0) is 10.5 Å². The van der Waals surface area contributed by atoms with Gasteiger partial charge in [-0.3, -0.25) is 9.89 Å². The van der Waals surface area contributed by atoms with Gasteiger partial charge in [0.2, 0.25) is 11.1 Å². The second-order valence-corrected chi connectivity index (χ2v) is 5.92. The summed E-state index contributed by atoms with van der Waals surface area (Å²) < 4.78 is 5.23. The first kappa shape index (κ1) is 15.3. The molecule has 118 valence electrons. The Morgan fingerprint density at radius 1 is 1.39 bits per heavy atom. The minimum absolute atomic E-state index is 0.182. The summed E-state index contributed by atoms with van der Waals surface area (Å²) in [6, 6.07) is 6.70. The summed E-state index contributed by atoms with van der Waals surface area (Å²) in [6.07, 6.45) is 0. The molecule has 2 aromatic heterocycles. The van der Waals surface area contributed by atoms with Gasteiger partial charge in [-0.05, 0) is 24.6 Å². The number of nitrogens with one attached hydrogen (secondary N) is 2. The third-order valence-corrected chi connectivity index (χ3v) is 3.98. The predicted octanol–water partition coefficient (Wildman–Crippen LogP) is 2.47. The fraction of sp³-hybridized carbons (Fsp3) is 0.200. The number of benzene rings is 1. The number of aromatic nitrogens is 3. The normalized spacial score (nSPS) is 10.9. The molecule has 0 radical (unpaired) electrons. The molecule has 0 aliphatic heterocycles. The van der Waals surface area contributed by atoms with Crippen molar-refractivity contribution in [2.45, 2.75) is 24.8 Å². The maximum Gasteiger partial charge on any atom is 0.336 e. The van der Waals surface area contributed by atoms with Crippen molar-refractivity contribution in [3.05, 3.63) is 46.1 Å². The average Bonchev–Trinajstić information content (AvgIpc) is 2.89. The molecule has 1 aromatic carbocycles. The Balaban J connectivity index is 1.93. The van der Waals surface area contributed by atoms with E-state index in [1.807, 2.05) is 13.0 Å². The van der Waals surface area contributed by atoms with E-state index in [9.17, 15) is 9.59 Å². The zero-order valence-corrected chi connectivity index (χ0v) is 13.4. The standard InChI is InChI=1S/C15H14N4O3S/c1-8-16-15(19-18-8)23-7-10-5-14(21)22-13-6-11(17-9(2)20)3-4-12(10)13/h3-6H,7H2,1-2H3,(H,17,20)(H,16,18,19). The summed E-state index contributed by atoms with van der Waals surface area (Å²) in [7, 11) is 0. The van der Waals surface area contributed by atoms with Crippen LogP contribution in [0.1, 0.15) is 18.3 Å². The van der Waals surface area contributed by atoms with Gasteiger partial charge in [0, 0.05) is 35.9 Å². The van der Waals surface area contributed by atoms with E-state index < -0.39 is 5.63 Å². The topological polar surface area (TPSA) is 101 Å². The molecule has 3 aromatic rings. The van der Waals surface area contributed by atoms with E-state index in [2.05, 4.69) is 20.5 Å². The average molecular weight is 330 g/mol. The van der Waals surface area contributed by atoms with Crippen molar-refractivity contribution in [3.8, 4) is 0 Å². The summed E-state index contributed by atoms with van der Waals surface area (Å²) in [5.41, 5.74) is 1.42. The summed E-state index contributed by atoms with van der Waals surface area (Å²) in [5, 5.41) is 10.9. The molecular weight excluding hydrogens is 316 g/mol. The van der Waals surface area contributed by atoms with Crippen molar-refractivity contribution < 1.29 is 9.21 Å². The number of aryl methyl sites for hydroxylation is 1. The molecule has 0 spiro atoms. The van der Waals surface area contributed by atoms with Crippen LogP contribution >= 0.6 is 11.8 Å². The molecule has 7 nitrogen and oxygen atoms in total. The van der Waals surface area contributed by atoms with Crippen LogP contribution in [0.2, 0.25) is 0 Å². The molecule has 0 saturated carbocycles. The molecular formula is C15H14N4O3S. The molecule has 0 aliphatic carbocycles. The van der Waals surface area contributed by atoms with Crippen LogP contribution in [-0.4, -0.2) is 21.1 Å². The fourth-order valence-corrected chi connectivity index (χ4v) is 2.99. The highest BCUT2D eigenvalue weighted by Gasteiger charge is 2.09. The molecule has 2 heterocycles. The number of hydrogen-bond acceptors (Lipinski definition) is 6. The van der Waals surface area contributed by atoms with Gasteiger partial charge in [-0.2, -0.15) is 0 Å². The van der Waals surface area contributed by atoms with Gasteiger partial charge in [-0.1, -0.05) is 11.8 Å². The molecule has 2 N–H and O–H groups in total. The van der Waals surface area contributed by atoms with Crippen LogP contribution in [0.15, 0.2) is 38.6 Å². The summed E-state index contributed by atoms with van der Waals surface area (Å²) in [5.74, 6) is 1.10. The lowest BCUT2D eigenvalue weighted by molar-refractivity contribution is -0.114. The number of H-pyrrole nitrogens is 1. The summed E-state index contributed by atoms with van der Waals surface area (Å²) >= 11 is 1.43. The highest BCUT2D eigenvalue weighted by molar-refractivity contribution is 7.98. The minimum atomic E-state index is -0.431. The van der Waals surface area contributed by atoms with Gasteiger partial charge >= 0.3 is 5.63 Å². The van der Waals surface area contributed by atoms with Gasteiger partial charge in [0.25, 0.3) is 0 Å². The molecule has 0 unspecified atom stereocenters. The van der Waals surface area contributed by atoms with Crippen LogP contribution in [0.4, 0.5) is 5.69 Å². The lowest BCUT2D eigenvalue weighted by Gasteiger charge is -2.06. The van der Waals surface area contributed by atoms with Gasteiger partial charge in [-0.15, -0.1) is 5.10 Å². The van der Waals surface area contributed by atoms with Crippen molar-refractivity contribution in [1.29, 1.82) is 0 Å². The molecule has 0 atom stereocenters. The van der Waals surface area contributed by atoms with Crippen molar-refractivity contribution in [3.63, 3.8) is 0 Å². The monoisotopic (exact) mass is 330 g/mol. The Bertz CT molecular complexity index is 932. The largest absolute Gasteiger partial charge is 0.423 e. The number of nitrogens with zero attached hydrogens (tertiary/aromatic N) is 2. The number of aromatic amines is 1. The van der Waals surface area contributed by atoms with Crippen molar-refractivity contribution in [2.75, 3.05) is 5.32 Å².